The van der Waals surface area contributed by atoms with E-state index in [1.165, 1.54) is 0 Å². The number of benzene rings is 1. The summed E-state index contributed by atoms with van der Waals surface area (Å²) in [5.74, 6) is -0.345. The van der Waals surface area contributed by atoms with Crippen molar-refractivity contribution in [2.24, 2.45) is 0 Å². The number of nitrogens with one attached hydrogen (secondary N) is 1. The van der Waals surface area contributed by atoms with Crippen molar-refractivity contribution >= 4 is 16.9 Å². The smallest absolute Gasteiger partial charge is 0.355 e. The molecule has 3 rings (SSSR count). The molecule has 2 aromatic heterocycles. The molecule has 4 heteroatoms. The predicted octanol–water partition coefficient (Wildman–Crippen LogP) is 3.41. The minimum absolute atomic E-state index is 0.345. The lowest BCUT2D eigenvalue weighted by atomic mass is 10.0. The molecule has 0 unspecified atom stereocenters. The summed E-state index contributed by atoms with van der Waals surface area (Å²) in [5, 5.41) is 0.989. The molecule has 0 radical (unpaired) electrons. The van der Waals surface area contributed by atoms with Crippen LogP contribution in [0.3, 0.4) is 0 Å². The van der Waals surface area contributed by atoms with Gasteiger partial charge < -0.3 is 9.72 Å². The molecular formula is C16H14N2O2. The molecule has 0 bridgehead atoms. The summed E-state index contributed by atoms with van der Waals surface area (Å²) in [6, 6.07) is 11.6. The van der Waals surface area contributed by atoms with Crippen LogP contribution in [0.4, 0.5) is 0 Å². The Morgan fingerprint density at radius 3 is 2.85 bits per heavy atom. The van der Waals surface area contributed by atoms with Crippen LogP contribution < -0.4 is 0 Å². The van der Waals surface area contributed by atoms with Gasteiger partial charge in [0.25, 0.3) is 0 Å². The fourth-order valence-corrected chi connectivity index (χ4v) is 2.31. The third-order valence-corrected chi connectivity index (χ3v) is 3.14. The molecule has 0 saturated carbocycles. The summed E-state index contributed by atoms with van der Waals surface area (Å²) in [7, 11) is 0. The Morgan fingerprint density at radius 2 is 2.10 bits per heavy atom. The number of fused-ring (bicyclic) bond motifs is 1. The lowest BCUT2D eigenvalue weighted by molar-refractivity contribution is 0.0521. The summed E-state index contributed by atoms with van der Waals surface area (Å²) < 4.78 is 5.13. The third kappa shape index (κ3) is 2.05. The lowest BCUT2D eigenvalue weighted by Gasteiger charge is -2.04. The summed E-state index contributed by atoms with van der Waals surface area (Å²) in [4.78, 5) is 19.4. The van der Waals surface area contributed by atoms with Crippen LogP contribution in [0.2, 0.25) is 0 Å². The fraction of sp³-hybridized carbons (Fsp3) is 0.125. The molecule has 0 fully saturated rings. The van der Waals surface area contributed by atoms with Crippen molar-refractivity contribution in [2.75, 3.05) is 6.61 Å². The number of aromatic amines is 1. The van der Waals surface area contributed by atoms with Gasteiger partial charge in [-0.25, -0.2) is 4.79 Å². The molecule has 20 heavy (non-hydrogen) atoms. The van der Waals surface area contributed by atoms with Crippen LogP contribution in [-0.2, 0) is 4.74 Å². The SMILES string of the molecule is CCOC(=O)c1[nH]c2ccccc2c1-c1cccnc1. The van der Waals surface area contributed by atoms with Gasteiger partial charge >= 0.3 is 5.97 Å². The van der Waals surface area contributed by atoms with Crippen LogP contribution >= 0.6 is 0 Å². The van der Waals surface area contributed by atoms with E-state index in [2.05, 4.69) is 9.97 Å². The zero-order valence-corrected chi connectivity index (χ0v) is 11.1. The maximum absolute atomic E-state index is 12.1. The molecule has 2 heterocycles. The number of nitrogens with zero attached hydrogens (tertiary/aromatic N) is 1. The van der Waals surface area contributed by atoms with Crippen LogP contribution in [-0.4, -0.2) is 22.5 Å². The van der Waals surface area contributed by atoms with Crippen molar-refractivity contribution in [1.29, 1.82) is 0 Å². The van der Waals surface area contributed by atoms with Crippen LogP contribution in [0.25, 0.3) is 22.0 Å². The molecule has 0 aliphatic carbocycles. The Hall–Kier alpha value is -2.62. The Labute approximate surface area is 116 Å². The summed E-state index contributed by atoms with van der Waals surface area (Å²) in [6.07, 6.45) is 3.46. The number of esters is 1. The highest BCUT2D eigenvalue weighted by Crippen LogP contribution is 2.32. The maximum atomic E-state index is 12.1. The van der Waals surface area contributed by atoms with Crippen LogP contribution in [0.5, 0.6) is 0 Å². The number of para-hydroxylation sites is 1. The monoisotopic (exact) mass is 266 g/mol. The molecule has 0 amide bonds. The van der Waals surface area contributed by atoms with Gasteiger partial charge in [0.1, 0.15) is 5.69 Å². The number of pyridine rings is 1. The fourth-order valence-electron chi connectivity index (χ4n) is 2.31. The van der Waals surface area contributed by atoms with Crippen LogP contribution in [0.1, 0.15) is 17.4 Å². The zero-order valence-electron chi connectivity index (χ0n) is 11.1. The summed E-state index contributed by atoms with van der Waals surface area (Å²) in [5.41, 5.74) is 3.12. The van der Waals surface area contributed by atoms with E-state index < -0.39 is 0 Å². The van der Waals surface area contributed by atoms with Gasteiger partial charge in [-0.15, -0.1) is 0 Å². The van der Waals surface area contributed by atoms with E-state index in [4.69, 9.17) is 4.74 Å². The Morgan fingerprint density at radius 1 is 1.25 bits per heavy atom. The topological polar surface area (TPSA) is 55.0 Å². The normalized spacial score (nSPS) is 10.7. The van der Waals surface area contributed by atoms with Crippen molar-refractivity contribution in [3.8, 4) is 11.1 Å². The standard InChI is InChI=1S/C16H14N2O2/c1-2-20-16(19)15-14(11-6-5-9-17-10-11)12-7-3-4-8-13(12)18-15/h3-10,18H,2H2,1H3. The molecule has 100 valence electrons. The van der Waals surface area contributed by atoms with Crippen molar-refractivity contribution in [3.63, 3.8) is 0 Å². The number of rotatable bonds is 3. The van der Waals surface area contributed by atoms with Gasteiger partial charge in [-0.1, -0.05) is 24.3 Å². The molecule has 0 saturated heterocycles. The molecular weight excluding hydrogens is 252 g/mol. The molecule has 3 aromatic rings. The average molecular weight is 266 g/mol. The number of ether oxygens (including phenoxy) is 1. The first-order valence-electron chi connectivity index (χ1n) is 6.49. The highest BCUT2D eigenvalue weighted by Gasteiger charge is 2.19. The second kappa shape index (κ2) is 5.17. The first-order valence-corrected chi connectivity index (χ1v) is 6.49. The highest BCUT2D eigenvalue weighted by molar-refractivity contribution is 6.07. The zero-order chi connectivity index (χ0) is 13.9. The number of H-pyrrole nitrogens is 1. The molecule has 1 N–H and O–H groups in total. The van der Waals surface area contributed by atoms with E-state index in [9.17, 15) is 4.79 Å². The van der Waals surface area contributed by atoms with Gasteiger partial charge in [-0.3, -0.25) is 4.98 Å². The molecule has 0 spiro atoms. The predicted molar refractivity (Wildman–Crippen MR) is 77.5 cm³/mol. The van der Waals surface area contributed by atoms with E-state index in [1.807, 2.05) is 36.4 Å². The first kappa shape index (κ1) is 12.4. The highest BCUT2D eigenvalue weighted by atomic mass is 16.5. The van der Waals surface area contributed by atoms with Gasteiger partial charge in [0, 0.05) is 34.4 Å². The van der Waals surface area contributed by atoms with Crippen molar-refractivity contribution in [3.05, 3.63) is 54.5 Å². The number of hydrogen-bond donors (Lipinski definition) is 1. The van der Waals surface area contributed by atoms with Gasteiger partial charge in [-0.2, -0.15) is 0 Å². The minimum atomic E-state index is -0.345. The molecule has 0 aliphatic rings. The quantitative estimate of drug-likeness (QED) is 0.739. The number of aromatic nitrogens is 2. The third-order valence-electron chi connectivity index (χ3n) is 3.14. The molecule has 0 aliphatic heterocycles. The molecule has 0 atom stereocenters. The average Bonchev–Trinajstić information content (AvgIpc) is 2.88. The first-order chi connectivity index (χ1) is 9.81. The number of hydrogen-bond acceptors (Lipinski definition) is 3. The van der Waals surface area contributed by atoms with Gasteiger partial charge in [0.15, 0.2) is 0 Å². The Balaban J connectivity index is 2.26. The number of carbonyl (C=O) groups is 1. The van der Waals surface area contributed by atoms with E-state index in [0.29, 0.717) is 12.3 Å². The summed E-state index contributed by atoms with van der Waals surface area (Å²) in [6.45, 7) is 2.14. The van der Waals surface area contributed by atoms with E-state index in [0.717, 1.165) is 22.0 Å². The van der Waals surface area contributed by atoms with Gasteiger partial charge in [0.2, 0.25) is 0 Å². The Kier molecular flexibility index (Phi) is 3.21. The van der Waals surface area contributed by atoms with Gasteiger partial charge in [-0.05, 0) is 19.1 Å². The molecule has 1 aromatic carbocycles. The van der Waals surface area contributed by atoms with E-state index >= 15 is 0 Å². The number of carbonyl (C=O) groups excluding carboxylic acids is 1. The second-order valence-electron chi connectivity index (χ2n) is 4.38. The van der Waals surface area contributed by atoms with Crippen molar-refractivity contribution < 1.29 is 9.53 Å². The van der Waals surface area contributed by atoms with Crippen molar-refractivity contribution in [2.45, 2.75) is 6.92 Å². The van der Waals surface area contributed by atoms with E-state index in [1.54, 1.807) is 19.3 Å². The Bertz CT molecular complexity index is 748. The van der Waals surface area contributed by atoms with Crippen LogP contribution in [0, 0.1) is 0 Å². The second-order valence-corrected chi connectivity index (χ2v) is 4.38. The maximum Gasteiger partial charge on any atom is 0.355 e. The molecule has 4 nitrogen and oxygen atoms in total. The van der Waals surface area contributed by atoms with Crippen LogP contribution in [0.15, 0.2) is 48.8 Å². The van der Waals surface area contributed by atoms with E-state index in [-0.39, 0.29) is 5.97 Å². The summed E-state index contributed by atoms with van der Waals surface area (Å²) >= 11 is 0. The largest absolute Gasteiger partial charge is 0.461 e. The van der Waals surface area contributed by atoms with Gasteiger partial charge in [0.05, 0.1) is 6.61 Å². The lowest BCUT2D eigenvalue weighted by Crippen LogP contribution is -2.06. The van der Waals surface area contributed by atoms with Crippen molar-refractivity contribution in [1.82, 2.24) is 9.97 Å². The minimum Gasteiger partial charge on any atom is -0.461 e.